The molecule has 0 aromatic rings. The molecule has 0 aliphatic carbocycles. The van der Waals surface area contributed by atoms with Crippen LogP contribution < -0.4 is 0 Å². The molecule has 0 spiro atoms. The lowest BCUT2D eigenvalue weighted by Gasteiger charge is -2.18. The number of carbonyl (C=O) groups excluding carboxylic acids is 3. The first-order valence-electron chi connectivity index (χ1n) is 31.4. The number of hydrogen-bond acceptors (Lipinski definition) is 6. The second-order valence-corrected chi connectivity index (χ2v) is 20.6. The fourth-order valence-corrected chi connectivity index (χ4v) is 8.65. The Morgan fingerprint density at radius 3 is 0.867 bits per heavy atom. The maximum Gasteiger partial charge on any atom is 0.306 e. The summed E-state index contributed by atoms with van der Waals surface area (Å²) in [6.45, 7) is 6.38. The molecule has 0 fully saturated rings. The average molecular weight is 1040 g/mol. The number of ether oxygens (including phenoxy) is 3. The molecule has 6 heteroatoms. The van der Waals surface area contributed by atoms with Crippen molar-refractivity contribution in [3.63, 3.8) is 0 Å². The zero-order valence-corrected chi connectivity index (χ0v) is 49.0. The SMILES string of the molecule is CC/C=C\C/C=C\C/C=C\C/C=C\C/C=C\CCCC(=O)OCC(COC(=O)CCCCCCCCCCCCCCCCCCCCCCC)OC(=O)CCCCCCCC/C=C\C/C=C\C/C=C\C/C=C\CC. The Kier molecular flexibility index (Phi) is 59.3. The maximum absolute atomic E-state index is 12.9. The van der Waals surface area contributed by atoms with E-state index in [2.05, 4.69) is 130 Å². The normalized spacial score (nSPS) is 12.8. The van der Waals surface area contributed by atoms with Crippen molar-refractivity contribution in [3.05, 3.63) is 109 Å². The second kappa shape index (κ2) is 62.6. The molecule has 0 aromatic heterocycles. The highest BCUT2D eigenvalue weighted by Gasteiger charge is 2.19. The highest BCUT2D eigenvalue weighted by Crippen LogP contribution is 2.16. The first kappa shape index (κ1) is 71.1. The molecule has 0 heterocycles. The minimum atomic E-state index is -0.811. The molecule has 0 saturated heterocycles. The van der Waals surface area contributed by atoms with E-state index in [4.69, 9.17) is 14.2 Å². The van der Waals surface area contributed by atoms with Gasteiger partial charge < -0.3 is 14.2 Å². The highest BCUT2D eigenvalue weighted by molar-refractivity contribution is 5.71. The van der Waals surface area contributed by atoms with E-state index in [1.807, 2.05) is 0 Å². The molecule has 0 saturated carbocycles. The molecule has 1 unspecified atom stereocenters. The van der Waals surface area contributed by atoms with E-state index in [-0.39, 0.29) is 37.5 Å². The maximum atomic E-state index is 12.9. The number of allylic oxidation sites excluding steroid dienone is 18. The molecular formula is C69H116O6. The molecule has 6 nitrogen and oxygen atoms in total. The average Bonchev–Trinajstić information content (AvgIpc) is 3.41. The molecule has 428 valence electrons. The van der Waals surface area contributed by atoms with Gasteiger partial charge in [-0.3, -0.25) is 14.4 Å². The Balaban J connectivity index is 4.45. The van der Waals surface area contributed by atoms with E-state index in [1.165, 1.54) is 128 Å². The van der Waals surface area contributed by atoms with Gasteiger partial charge in [0.1, 0.15) is 13.2 Å². The monoisotopic (exact) mass is 1040 g/mol. The van der Waals surface area contributed by atoms with E-state index in [0.29, 0.717) is 19.3 Å². The molecular weight excluding hydrogens is 925 g/mol. The van der Waals surface area contributed by atoms with Crippen LogP contribution in [0.4, 0.5) is 0 Å². The summed E-state index contributed by atoms with van der Waals surface area (Å²) in [5.74, 6) is -0.968. The van der Waals surface area contributed by atoms with Gasteiger partial charge in [-0.1, -0.05) is 284 Å². The summed E-state index contributed by atoms with van der Waals surface area (Å²) in [4.78, 5) is 38.3. The minimum absolute atomic E-state index is 0.101. The van der Waals surface area contributed by atoms with Crippen molar-refractivity contribution < 1.29 is 28.6 Å². The van der Waals surface area contributed by atoms with Crippen LogP contribution in [-0.2, 0) is 28.6 Å². The van der Waals surface area contributed by atoms with E-state index >= 15 is 0 Å². The lowest BCUT2D eigenvalue weighted by molar-refractivity contribution is -0.167. The largest absolute Gasteiger partial charge is 0.462 e. The zero-order valence-electron chi connectivity index (χ0n) is 49.0. The van der Waals surface area contributed by atoms with Gasteiger partial charge >= 0.3 is 17.9 Å². The van der Waals surface area contributed by atoms with E-state index < -0.39 is 6.10 Å². The predicted octanol–water partition coefficient (Wildman–Crippen LogP) is 21.4. The summed E-state index contributed by atoms with van der Waals surface area (Å²) in [6.07, 6.45) is 85.3. The number of esters is 3. The molecule has 1 atom stereocenters. The number of unbranched alkanes of at least 4 members (excludes halogenated alkanes) is 27. The van der Waals surface area contributed by atoms with Crippen LogP contribution in [0.3, 0.4) is 0 Å². The molecule has 75 heavy (non-hydrogen) atoms. The quantitative estimate of drug-likeness (QED) is 0.0261. The van der Waals surface area contributed by atoms with Gasteiger partial charge in [-0.05, 0) is 96.3 Å². The van der Waals surface area contributed by atoms with Crippen LogP contribution in [0.1, 0.15) is 290 Å². The first-order valence-corrected chi connectivity index (χ1v) is 31.4. The number of carbonyl (C=O) groups is 3. The highest BCUT2D eigenvalue weighted by atomic mass is 16.6. The lowest BCUT2D eigenvalue weighted by Crippen LogP contribution is -2.30. The van der Waals surface area contributed by atoms with E-state index in [0.717, 1.165) is 116 Å². The van der Waals surface area contributed by atoms with E-state index in [9.17, 15) is 14.4 Å². The number of rotatable bonds is 56. The van der Waals surface area contributed by atoms with Crippen molar-refractivity contribution in [2.75, 3.05) is 13.2 Å². The molecule has 0 N–H and O–H groups in total. The van der Waals surface area contributed by atoms with Crippen molar-refractivity contribution in [1.82, 2.24) is 0 Å². The van der Waals surface area contributed by atoms with Crippen LogP contribution in [0.2, 0.25) is 0 Å². The standard InChI is InChI=1S/C69H116O6/c1-4-7-10-13-16-19-22-25-28-31-33-34-36-38-41-44-47-50-53-56-59-62-68(71)74-65-66(64-73-67(70)61-58-55-52-49-46-43-40-37-30-27-24-21-18-15-12-9-6-3)75-69(72)63-60-57-54-51-48-45-42-39-35-32-29-26-23-20-17-14-11-8-5-2/h8-9,11-12,17-18,20-21,26-27,29-30,35,39-40,43,49,52,66H,4-7,10,13-16,19,22-25,28,31-34,36-38,41-42,44-48,50-51,53-65H2,1-3H3/b11-8-,12-9-,20-17-,21-18-,29-26-,30-27-,39-35-,43-40-,52-49-. The topological polar surface area (TPSA) is 78.9 Å². The van der Waals surface area contributed by atoms with Gasteiger partial charge in [-0.2, -0.15) is 0 Å². The Labute approximate surface area is 463 Å². The van der Waals surface area contributed by atoms with Crippen molar-refractivity contribution in [1.29, 1.82) is 0 Å². The van der Waals surface area contributed by atoms with Gasteiger partial charge in [0, 0.05) is 19.3 Å². The number of hydrogen-bond donors (Lipinski definition) is 0. The third-order valence-electron chi connectivity index (χ3n) is 13.3. The Hall–Kier alpha value is -3.93. The predicted molar refractivity (Wildman–Crippen MR) is 325 cm³/mol. The Bertz CT molecular complexity index is 1520. The van der Waals surface area contributed by atoms with Crippen LogP contribution in [-0.4, -0.2) is 37.2 Å². The molecule has 0 radical (unpaired) electrons. The Morgan fingerprint density at radius 2 is 0.533 bits per heavy atom. The van der Waals surface area contributed by atoms with Crippen LogP contribution in [0.25, 0.3) is 0 Å². The minimum Gasteiger partial charge on any atom is -0.462 e. The van der Waals surface area contributed by atoms with E-state index in [1.54, 1.807) is 0 Å². The third-order valence-corrected chi connectivity index (χ3v) is 13.3. The molecule has 0 aliphatic heterocycles. The van der Waals surface area contributed by atoms with Gasteiger partial charge in [0.2, 0.25) is 0 Å². The van der Waals surface area contributed by atoms with Gasteiger partial charge in [-0.15, -0.1) is 0 Å². The molecule has 0 aromatic carbocycles. The summed E-state index contributed by atoms with van der Waals surface area (Å²) < 4.78 is 16.9. The van der Waals surface area contributed by atoms with Crippen molar-refractivity contribution in [3.8, 4) is 0 Å². The van der Waals surface area contributed by atoms with Gasteiger partial charge in [0.05, 0.1) is 0 Å². The second-order valence-electron chi connectivity index (χ2n) is 20.6. The van der Waals surface area contributed by atoms with Crippen molar-refractivity contribution >= 4 is 17.9 Å². The lowest BCUT2D eigenvalue weighted by atomic mass is 10.0. The third kappa shape index (κ3) is 60.8. The first-order chi connectivity index (χ1) is 37.0. The fourth-order valence-electron chi connectivity index (χ4n) is 8.65. The molecule has 0 bridgehead atoms. The van der Waals surface area contributed by atoms with Crippen molar-refractivity contribution in [2.45, 2.75) is 297 Å². The van der Waals surface area contributed by atoms with Gasteiger partial charge in [0.25, 0.3) is 0 Å². The van der Waals surface area contributed by atoms with Crippen LogP contribution in [0, 0.1) is 0 Å². The van der Waals surface area contributed by atoms with Crippen LogP contribution >= 0.6 is 0 Å². The summed E-state index contributed by atoms with van der Waals surface area (Å²) in [5.41, 5.74) is 0. The summed E-state index contributed by atoms with van der Waals surface area (Å²) in [6, 6.07) is 0. The van der Waals surface area contributed by atoms with Crippen LogP contribution in [0.5, 0.6) is 0 Å². The zero-order chi connectivity index (χ0) is 54.3. The fraction of sp³-hybridized carbons (Fsp3) is 0.696. The molecule has 0 amide bonds. The smallest absolute Gasteiger partial charge is 0.306 e. The van der Waals surface area contributed by atoms with Crippen molar-refractivity contribution in [2.24, 2.45) is 0 Å². The summed E-state index contributed by atoms with van der Waals surface area (Å²) in [7, 11) is 0. The van der Waals surface area contributed by atoms with Gasteiger partial charge in [0.15, 0.2) is 6.10 Å². The summed E-state index contributed by atoms with van der Waals surface area (Å²) >= 11 is 0. The molecule has 0 aliphatic rings. The molecule has 0 rings (SSSR count). The van der Waals surface area contributed by atoms with Crippen LogP contribution in [0.15, 0.2) is 109 Å². The summed E-state index contributed by atoms with van der Waals surface area (Å²) in [5, 5.41) is 0. The van der Waals surface area contributed by atoms with Gasteiger partial charge in [-0.25, -0.2) is 0 Å². The Morgan fingerprint density at radius 1 is 0.280 bits per heavy atom.